The summed E-state index contributed by atoms with van der Waals surface area (Å²) in [6, 6.07) is 9.92. The van der Waals surface area contributed by atoms with Crippen molar-refractivity contribution >= 4 is 18.3 Å². The van der Waals surface area contributed by atoms with Gasteiger partial charge in [-0.15, -0.1) is 12.4 Å². The van der Waals surface area contributed by atoms with E-state index >= 15 is 0 Å². The number of hydrogen-bond donors (Lipinski definition) is 2. The van der Waals surface area contributed by atoms with Crippen LogP contribution in [0.5, 0.6) is 0 Å². The van der Waals surface area contributed by atoms with E-state index in [0.29, 0.717) is 12.0 Å². The first kappa shape index (κ1) is 15.0. The van der Waals surface area contributed by atoms with Gasteiger partial charge in [0.1, 0.15) is 0 Å². The van der Waals surface area contributed by atoms with Crippen molar-refractivity contribution in [1.82, 2.24) is 5.32 Å². The van der Waals surface area contributed by atoms with Crippen LogP contribution in [-0.2, 0) is 4.79 Å². The van der Waals surface area contributed by atoms with E-state index in [1.807, 2.05) is 37.3 Å². The summed E-state index contributed by atoms with van der Waals surface area (Å²) < 4.78 is 0. The van der Waals surface area contributed by atoms with E-state index in [9.17, 15) is 4.79 Å². The average Bonchev–Trinajstić information content (AvgIpc) is 3.04. The molecule has 0 spiro atoms. The number of amides is 1. The van der Waals surface area contributed by atoms with Gasteiger partial charge in [0, 0.05) is 12.1 Å². The lowest BCUT2D eigenvalue weighted by molar-refractivity contribution is -0.125. The summed E-state index contributed by atoms with van der Waals surface area (Å²) in [6.45, 7) is 4.03. The molecular formula is C14H21ClN2O. The van der Waals surface area contributed by atoms with Crippen molar-refractivity contribution in [3.05, 3.63) is 35.9 Å². The Hall–Kier alpha value is -1.06. The Morgan fingerprint density at radius 1 is 1.39 bits per heavy atom. The van der Waals surface area contributed by atoms with Crippen LogP contribution in [0.3, 0.4) is 0 Å². The molecule has 0 aliphatic heterocycles. The van der Waals surface area contributed by atoms with Crippen LogP contribution in [0.25, 0.3) is 0 Å². The molecule has 0 heterocycles. The van der Waals surface area contributed by atoms with E-state index in [4.69, 9.17) is 5.73 Å². The first-order valence-corrected chi connectivity index (χ1v) is 6.20. The molecule has 100 valence electrons. The molecule has 0 radical (unpaired) electrons. The van der Waals surface area contributed by atoms with Crippen LogP contribution in [0, 0.1) is 11.8 Å². The quantitative estimate of drug-likeness (QED) is 0.880. The minimum atomic E-state index is -0.231. The molecule has 4 heteroatoms. The maximum absolute atomic E-state index is 12.0. The summed E-state index contributed by atoms with van der Waals surface area (Å²) >= 11 is 0. The highest BCUT2D eigenvalue weighted by molar-refractivity contribution is 5.85. The van der Waals surface area contributed by atoms with Crippen molar-refractivity contribution in [1.29, 1.82) is 0 Å². The SMILES string of the molecule is CC1CC1NC(=O)C(C)C(N)c1ccccc1.Cl. The van der Waals surface area contributed by atoms with E-state index < -0.39 is 0 Å². The van der Waals surface area contributed by atoms with Gasteiger partial charge in [0.25, 0.3) is 0 Å². The number of carbonyl (C=O) groups is 1. The maximum Gasteiger partial charge on any atom is 0.224 e. The Morgan fingerprint density at radius 2 is 1.94 bits per heavy atom. The molecule has 1 aromatic rings. The molecule has 0 bridgehead atoms. The molecule has 1 aliphatic carbocycles. The molecule has 3 nitrogen and oxygen atoms in total. The molecule has 1 fully saturated rings. The van der Waals surface area contributed by atoms with Gasteiger partial charge in [0.05, 0.1) is 5.92 Å². The number of hydrogen-bond acceptors (Lipinski definition) is 2. The van der Waals surface area contributed by atoms with Crippen molar-refractivity contribution in [2.45, 2.75) is 32.4 Å². The lowest BCUT2D eigenvalue weighted by Crippen LogP contribution is -2.37. The topological polar surface area (TPSA) is 55.1 Å². The molecule has 0 aromatic heterocycles. The molecule has 4 atom stereocenters. The zero-order valence-corrected chi connectivity index (χ0v) is 11.6. The Labute approximate surface area is 115 Å². The third-order valence-corrected chi connectivity index (χ3v) is 3.57. The van der Waals surface area contributed by atoms with Gasteiger partial charge in [-0.25, -0.2) is 0 Å². The number of nitrogens with two attached hydrogens (primary N) is 1. The summed E-state index contributed by atoms with van der Waals surface area (Å²) in [7, 11) is 0. The summed E-state index contributed by atoms with van der Waals surface area (Å²) in [5.74, 6) is 0.500. The normalized spacial score (nSPS) is 24.6. The fourth-order valence-electron chi connectivity index (χ4n) is 1.96. The lowest BCUT2D eigenvalue weighted by Gasteiger charge is -2.19. The van der Waals surface area contributed by atoms with Gasteiger partial charge in [-0.2, -0.15) is 0 Å². The van der Waals surface area contributed by atoms with E-state index in [1.54, 1.807) is 0 Å². The van der Waals surface area contributed by atoms with E-state index in [0.717, 1.165) is 12.0 Å². The zero-order valence-electron chi connectivity index (χ0n) is 10.8. The Balaban J connectivity index is 0.00000162. The standard InChI is InChI=1S/C14H20N2O.ClH/c1-9-8-12(9)16-14(17)10(2)13(15)11-6-4-3-5-7-11;/h3-7,9-10,12-13H,8,15H2,1-2H3,(H,16,17);1H. The monoisotopic (exact) mass is 268 g/mol. The first-order valence-electron chi connectivity index (χ1n) is 6.20. The van der Waals surface area contributed by atoms with Crippen molar-refractivity contribution in [2.75, 3.05) is 0 Å². The molecule has 4 unspecified atom stereocenters. The van der Waals surface area contributed by atoms with E-state index in [2.05, 4.69) is 12.2 Å². The second-order valence-electron chi connectivity index (χ2n) is 5.05. The smallest absolute Gasteiger partial charge is 0.224 e. The maximum atomic E-state index is 12.0. The Kier molecular flexibility index (Phi) is 5.17. The van der Waals surface area contributed by atoms with Crippen LogP contribution < -0.4 is 11.1 Å². The Bertz CT molecular complexity index is 396. The van der Waals surface area contributed by atoms with Crippen LogP contribution in [-0.4, -0.2) is 11.9 Å². The third kappa shape index (κ3) is 3.47. The zero-order chi connectivity index (χ0) is 12.4. The number of nitrogens with one attached hydrogen (secondary N) is 1. The molecule has 1 aromatic carbocycles. The van der Waals surface area contributed by atoms with Crippen molar-refractivity contribution in [3.8, 4) is 0 Å². The van der Waals surface area contributed by atoms with Crippen LogP contribution in [0.2, 0.25) is 0 Å². The van der Waals surface area contributed by atoms with E-state index in [1.165, 1.54) is 0 Å². The highest BCUT2D eigenvalue weighted by atomic mass is 35.5. The number of carbonyl (C=O) groups excluding carboxylic acids is 1. The van der Waals surface area contributed by atoms with Crippen molar-refractivity contribution in [2.24, 2.45) is 17.6 Å². The predicted octanol–water partition coefficient (Wildman–Crippen LogP) is 2.27. The average molecular weight is 269 g/mol. The van der Waals surface area contributed by atoms with Gasteiger partial charge in [0.2, 0.25) is 5.91 Å². The van der Waals surface area contributed by atoms with Gasteiger partial charge < -0.3 is 11.1 Å². The molecule has 1 aliphatic rings. The number of rotatable bonds is 4. The number of halogens is 1. The minimum absolute atomic E-state index is 0. The summed E-state index contributed by atoms with van der Waals surface area (Å²) in [5, 5.41) is 3.04. The van der Waals surface area contributed by atoms with E-state index in [-0.39, 0.29) is 30.3 Å². The lowest BCUT2D eigenvalue weighted by atomic mass is 9.94. The van der Waals surface area contributed by atoms with Crippen LogP contribution in [0.1, 0.15) is 31.9 Å². The minimum Gasteiger partial charge on any atom is -0.353 e. The molecule has 0 saturated heterocycles. The fourth-order valence-corrected chi connectivity index (χ4v) is 1.96. The van der Waals surface area contributed by atoms with Gasteiger partial charge >= 0.3 is 0 Å². The number of benzene rings is 1. The van der Waals surface area contributed by atoms with Gasteiger partial charge in [-0.05, 0) is 17.9 Å². The predicted molar refractivity (Wildman–Crippen MR) is 75.5 cm³/mol. The van der Waals surface area contributed by atoms with Crippen molar-refractivity contribution in [3.63, 3.8) is 0 Å². The van der Waals surface area contributed by atoms with Crippen LogP contribution in [0.15, 0.2) is 30.3 Å². The molecule has 1 saturated carbocycles. The molecule has 1 amide bonds. The highest BCUT2D eigenvalue weighted by Gasteiger charge is 2.35. The molecule has 2 rings (SSSR count). The van der Waals surface area contributed by atoms with Crippen LogP contribution >= 0.6 is 12.4 Å². The first-order chi connectivity index (χ1) is 8.09. The van der Waals surface area contributed by atoms with Gasteiger partial charge in [0.15, 0.2) is 0 Å². The van der Waals surface area contributed by atoms with Crippen LogP contribution in [0.4, 0.5) is 0 Å². The fraction of sp³-hybridized carbons (Fsp3) is 0.500. The second-order valence-corrected chi connectivity index (χ2v) is 5.05. The third-order valence-electron chi connectivity index (χ3n) is 3.57. The highest BCUT2D eigenvalue weighted by Crippen LogP contribution is 2.30. The largest absolute Gasteiger partial charge is 0.353 e. The molecular weight excluding hydrogens is 248 g/mol. The summed E-state index contributed by atoms with van der Waals surface area (Å²) in [4.78, 5) is 12.0. The van der Waals surface area contributed by atoms with Gasteiger partial charge in [-0.1, -0.05) is 44.2 Å². The van der Waals surface area contributed by atoms with Crippen molar-refractivity contribution < 1.29 is 4.79 Å². The molecule has 3 N–H and O–H groups in total. The molecule has 18 heavy (non-hydrogen) atoms. The Morgan fingerprint density at radius 3 is 2.44 bits per heavy atom. The second kappa shape index (κ2) is 6.21. The summed E-state index contributed by atoms with van der Waals surface area (Å²) in [5.41, 5.74) is 7.12. The van der Waals surface area contributed by atoms with Gasteiger partial charge in [-0.3, -0.25) is 4.79 Å². The summed E-state index contributed by atoms with van der Waals surface area (Å²) in [6.07, 6.45) is 1.10.